The van der Waals surface area contributed by atoms with Crippen LogP contribution in [0.5, 0.6) is 0 Å². The lowest BCUT2D eigenvalue weighted by Crippen LogP contribution is -2.40. The topological polar surface area (TPSA) is 20.3 Å². The van der Waals surface area contributed by atoms with Gasteiger partial charge in [0.2, 0.25) is 5.91 Å². The van der Waals surface area contributed by atoms with E-state index in [-0.39, 0.29) is 11.9 Å². The molecular formula is C11H17ClF3NO. The van der Waals surface area contributed by atoms with Crippen molar-refractivity contribution in [3.63, 3.8) is 0 Å². The summed E-state index contributed by atoms with van der Waals surface area (Å²) in [6.07, 6.45) is -1.93. The van der Waals surface area contributed by atoms with Gasteiger partial charge < -0.3 is 4.90 Å². The van der Waals surface area contributed by atoms with Crippen molar-refractivity contribution in [2.45, 2.75) is 50.7 Å². The first-order valence-electron chi connectivity index (χ1n) is 5.86. The van der Waals surface area contributed by atoms with E-state index in [0.29, 0.717) is 6.54 Å². The molecule has 0 heterocycles. The third-order valence-electron chi connectivity index (χ3n) is 3.03. The number of halogens is 4. The molecule has 1 amide bonds. The van der Waals surface area contributed by atoms with Gasteiger partial charge in [0.05, 0.1) is 6.42 Å². The van der Waals surface area contributed by atoms with E-state index >= 15 is 0 Å². The second kappa shape index (κ2) is 6.47. The van der Waals surface area contributed by atoms with Crippen LogP contribution in [0.15, 0.2) is 0 Å². The lowest BCUT2D eigenvalue weighted by Gasteiger charge is -2.28. The normalized spacial score (nSPS) is 17.4. The molecule has 0 aromatic rings. The SMILES string of the molecule is O=C(CCC(F)(F)F)N(CCCl)C1CCCC1. The van der Waals surface area contributed by atoms with Gasteiger partial charge in [-0.3, -0.25) is 4.79 Å². The molecule has 1 aliphatic carbocycles. The average Bonchev–Trinajstić information content (AvgIpc) is 2.74. The fraction of sp³-hybridized carbons (Fsp3) is 0.909. The lowest BCUT2D eigenvalue weighted by atomic mass is 10.2. The molecule has 1 rings (SSSR count). The fourth-order valence-corrected chi connectivity index (χ4v) is 2.39. The molecule has 0 bridgehead atoms. The monoisotopic (exact) mass is 271 g/mol. The van der Waals surface area contributed by atoms with Crippen LogP contribution in [0.1, 0.15) is 38.5 Å². The van der Waals surface area contributed by atoms with E-state index in [1.807, 2.05) is 0 Å². The Balaban J connectivity index is 2.48. The summed E-state index contributed by atoms with van der Waals surface area (Å²) in [6, 6.07) is 0.0921. The maximum Gasteiger partial charge on any atom is 0.389 e. The Hall–Kier alpha value is -0.450. The maximum atomic E-state index is 12.0. The van der Waals surface area contributed by atoms with Crippen molar-refractivity contribution in [1.29, 1.82) is 0 Å². The maximum absolute atomic E-state index is 12.0. The van der Waals surface area contributed by atoms with E-state index < -0.39 is 24.9 Å². The van der Waals surface area contributed by atoms with Crippen molar-refractivity contribution < 1.29 is 18.0 Å². The highest BCUT2D eigenvalue weighted by Crippen LogP contribution is 2.26. The summed E-state index contributed by atoms with van der Waals surface area (Å²) in [5, 5.41) is 0. The van der Waals surface area contributed by atoms with Crippen LogP contribution in [-0.4, -0.2) is 35.4 Å². The van der Waals surface area contributed by atoms with Gasteiger partial charge in [0.1, 0.15) is 0 Å². The Morgan fingerprint density at radius 3 is 2.35 bits per heavy atom. The largest absolute Gasteiger partial charge is 0.389 e. The highest BCUT2D eigenvalue weighted by molar-refractivity contribution is 6.18. The second-order valence-corrected chi connectivity index (χ2v) is 4.71. The summed E-state index contributed by atoms with van der Waals surface area (Å²) in [5.74, 6) is -0.149. The van der Waals surface area contributed by atoms with Crippen LogP contribution >= 0.6 is 11.6 Å². The Bertz CT molecular complexity index is 252. The predicted octanol–water partition coefficient (Wildman–Crippen LogP) is 3.34. The first kappa shape index (κ1) is 14.6. The molecule has 0 saturated heterocycles. The summed E-state index contributed by atoms with van der Waals surface area (Å²) in [5.41, 5.74) is 0. The Morgan fingerprint density at radius 1 is 1.29 bits per heavy atom. The molecule has 0 spiro atoms. The van der Waals surface area contributed by atoms with E-state index in [1.165, 1.54) is 4.90 Å². The van der Waals surface area contributed by atoms with Gasteiger partial charge in [-0.05, 0) is 12.8 Å². The van der Waals surface area contributed by atoms with Crippen molar-refractivity contribution in [3.05, 3.63) is 0 Å². The number of rotatable bonds is 5. The number of alkyl halides is 4. The van der Waals surface area contributed by atoms with Crippen LogP contribution in [0.3, 0.4) is 0 Å². The molecule has 1 saturated carbocycles. The van der Waals surface area contributed by atoms with Gasteiger partial charge in [0.15, 0.2) is 0 Å². The Morgan fingerprint density at radius 2 is 1.88 bits per heavy atom. The summed E-state index contributed by atoms with van der Waals surface area (Å²) >= 11 is 5.59. The van der Waals surface area contributed by atoms with Crippen LogP contribution in [-0.2, 0) is 4.79 Å². The van der Waals surface area contributed by atoms with Crippen LogP contribution in [0, 0.1) is 0 Å². The van der Waals surface area contributed by atoms with Gasteiger partial charge in [0, 0.05) is 24.9 Å². The number of amides is 1. The van der Waals surface area contributed by atoms with Gasteiger partial charge >= 0.3 is 6.18 Å². The lowest BCUT2D eigenvalue weighted by molar-refractivity contribution is -0.150. The molecule has 1 fully saturated rings. The third kappa shape index (κ3) is 5.15. The number of carbonyl (C=O) groups is 1. The molecule has 0 aromatic carbocycles. The molecule has 100 valence electrons. The summed E-state index contributed by atoms with van der Waals surface area (Å²) in [6.45, 7) is 0.350. The number of hydrogen-bond donors (Lipinski definition) is 0. The minimum Gasteiger partial charge on any atom is -0.339 e. The van der Waals surface area contributed by atoms with Gasteiger partial charge in [-0.1, -0.05) is 12.8 Å². The van der Waals surface area contributed by atoms with Crippen molar-refractivity contribution >= 4 is 17.5 Å². The van der Waals surface area contributed by atoms with E-state index in [4.69, 9.17) is 11.6 Å². The molecule has 6 heteroatoms. The van der Waals surface area contributed by atoms with Crippen molar-refractivity contribution in [2.75, 3.05) is 12.4 Å². The number of carbonyl (C=O) groups excluding carboxylic acids is 1. The van der Waals surface area contributed by atoms with Gasteiger partial charge in [-0.2, -0.15) is 13.2 Å². The Kier molecular flexibility index (Phi) is 5.56. The van der Waals surface area contributed by atoms with Gasteiger partial charge in [-0.15, -0.1) is 11.6 Å². The minimum absolute atomic E-state index is 0.0921. The first-order valence-corrected chi connectivity index (χ1v) is 6.39. The molecule has 0 N–H and O–H groups in total. The first-order chi connectivity index (χ1) is 7.94. The predicted molar refractivity (Wildman–Crippen MR) is 60.0 cm³/mol. The van der Waals surface area contributed by atoms with Crippen molar-refractivity contribution in [3.8, 4) is 0 Å². The molecule has 2 nitrogen and oxygen atoms in total. The van der Waals surface area contributed by atoms with E-state index in [1.54, 1.807) is 0 Å². The van der Waals surface area contributed by atoms with Crippen molar-refractivity contribution in [1.82, 2.24) is 4.90 Å². The molecule has 0 atom stereocenters. The quantitative estimate of drug-likeness (QED) is 0.702. The van der Waals surface area contributed by atoms with Gasteiger partial charge in [0.25, 0.3) is 0 Å². The van der Waals surface area contributed by atoms with Gasteiger partial charge in [-0.25, -0.2) is 0 Å². The van der Waals surface area contributed by atoms with Crippen molar-refractivity contribution in [2.24, 2.45) is 0 Å². The highest BCUT2D eigenvalue weighted by atomic mass is 35.5. The Labute approximate surface area is 104 Å². The number of hydrogen-bond acceptors (Lipinski definition) is 1. The average molecular weight is 272 g/mol. The molecule has 0 aliphatic heterocycles. The smallest absolute Gasteiger partial charge is 0.339 e. The van der Waals surface area contributed by atoms with E-state index in [9.17, 15) is 18.0 Å². The molecule has 0 unspecified atom stereocenters. The molecular weight excluding hydrogens is 255 g/mol. The third-order valence-corrected chi connectivity index (χ3v) is 3.20. The standard InChI is InChI=1S/C11H17ClF3NO/c12-7-8-16(9-3-1-2-4-9)10(17)5-6-11(13,14)15/h9H,1-8H2. The van der Waals surface area contributed by atoms with Crippen LogP contribution in [0.2, 0.25) is 0 Å². The van der Waals surface area contributed by atoms with Crippen LogP contribution < -0.4 is 0 Å². The summed E-state index contributed by atoms with van der Waals surface area (Å²) < 4.78 is 36.1. The molecule has 1 aliphatic rings. The highest BCUT2D eigenvalue weighted by Gasteiger charge is 2.31. The second-order valence-electron chi connectivity index (χ2n) is 4.33. The summed E-state index contributed by atoms with van der Waals surface area (Å²) in [7, 11) is 0. The van der Waals surface area contributed by atoms with E-state index in [2.05, 4.69) is 0 Å². The molecule has 17 heavy (non-hydrogen) atoms. The summed E-state index contributed by atoms with van der Waals surface area (Å²) in [4.78, 5) is 13.3. The zero-order valence-electron chi connectivity index (χ0n) is 9.60. The number of nitrogens with zero attached hydrogens (tertiary/aromatic N) is 1. The van der Waals surface area contributed by atoms with Crippen LogP contribution in [0.4, 0.5) is 13.2 Å². The van der Waals surface area contributed by atoms with E-state index in [0.717, 1.165) is 25.7 Å². The minimum atomic E-state index is -4.27. The molecule has 0 aromatic heterocycles. The van der Waals surface area contributed by atoms with Crippen LogP contribution in [0.25, 0.3) is 0 Å². The zero-order valence-corrected chi connectivity index (χ0v) is 10.4. The zero-order chi connectivity index (χ0) is 12.9. The molecule has 0 radical (unpaired) electrons. The fourth-order valence-electron chi connectivity index (χ4n) is 2.21.